The average molecular weight is 1230 g/mol. The fraction of sp³-hybridized carbons (Fsp3) is 0. The van der Waals surface area contributed by atoms with E-state index in [1.165, 1.54) is 118 Å². The third kappa shape index (κ3) is 10.4. The molecule has 0 radical (unpaired) electrons. The highest BCUT2D eigenvalue weighted by atomic mass is 32.1. The van der Waals surface area contributed by atoms with E-state index in [1.54, 1.807) is 0 Å². The smallest absolute Gasteiger partial charge is 0.0476 e. The molecule has 0 atom stereocenters. The molecule has 0 saturated heterocycles. The average Bonchev–Trinajstić information content (AvgIpc) is 1.19. The molecule has 0 aliphatic rings. The van der Waals surface area contributed by atoms with E-state index in [0.717, 1.165) is 45.3 Å². The second kappa shape index (κ2) is 24.5. The zero-order chi connectivity index (χ0) is 62.3. The summed E-state index contributed by atoms with van der Waals surface area (Å²) in [5.41, 5.74) is 23.4. The zero-order valence-electron chi connectivity index (χ0n) is 51.4. The van der Waals surface area contributed by atoms with Crippen LogP contribution in [0.5, 0.6) is 0 Å². The van der Waals surface area contributed by atoms with Gasteiger partial charge in [0.25, 0.3) is 0 Å². The second-order valence-electron chi connectivity index (χ2n) is 23.9. The molecule has 2 nitrogen and oxygen atoms in total. The first kappa shape index (κ1) is 56.3. The maximum Gasteiger partial charge on any atom is 0.0476 e. The SMILES string of the molecule is c1ccc(-c2cccc(N(c3ccc(-c4c5ccccc5c(-c5ccc(N(c6cccc(-c7ccccc7)c6)c6ccc7c(-c8ccccc8)c(-c8ccccc8)sc7c6)cc5)c5ccccc45)cc3)c3ccc4c(-c5ccccc5)c(-c5ccccc5)sc4c3)c2)cc1. The minimum atomic E-state index is 1.08. The van der Waals surface area contributed by atoms with Crippen LogP contribution < -0.4 is 9.80 Å². The van der Waals surface area contributed by atoms with Crippen molar-refractivity contribution in [2.24, 2.45) is 0 Å². The number of fused-ring (bicyclic) bond motifs is 4. The van der Waals surface area contributed by atoms with Crippen LogP contribution in [-0.4, -0.2) is 0 Å². The fourth-order valence-corrected chi connectivity index (χ4v) is 16.5. The molecule has 17 aromatic rings. The summed E-state index contributed by atoms with van der Waals surface area (Å²) < 4.78 is 2.47. The molecule has 0 unspecified atom stereocenters. The molecule has 2 aromatic heterocycles. The molecule has 0 fully saturated rings. The molecule has 94 heavy (non-hydrogen) atoms. The van der Waals surface area contributed by atoms with E-state index in [-0.39, 0.29) is 0 Å². The Morgan fingerprint density at radius 1 is 0.160 bits per heavy atom. The topological polar surface area (TPSA) is 6.48 Å². The largest absolute Gasteiger partial charge is 0.310 e. The molecule has 2 heterocycles. The van der Waals surface area contributed by atoms with Crippen LogP contribution in [0.3, 0.4) is 0 Å². The lowest BCUT2D eigenvalue weighted by molar-refractivity contribution is 1.29. The van der Waals surface area contributed by atoms with Crippen LogP contribution in [0, 0.1) is 0 Å². The lowest BCUT2D eigenvalue weighted by Crippen LogP contribution is -2.10. The van der Waals surface area contributed by atoms with E-state index in [0.29, 0.717) is 0 Å². The van der Waals surface area contributed by atoms with Crippen molar-refractivity contribution in [1.29, 1.82) is 0 Å². The van der Waals surface area contributed by atoms with Gasteiger partial charge in [0.1, 0.15) is 0 Å². The third-order valence-electron chi connectivity index (χ3n) is 18.2. The number of anilines is 6. The standard InChI is InChI=1S/C90H60N2S2/c1-7-25-61(26-8-1)69-37-23-39-73(57-69)91(75-53-55-81-83(59-75)93-89(67-33-15-5-16-34-67)87(81)63-29-11-3-12-30-63)71-49-45-65(46-50-71)85-77-41-19-21-43-79(77)86(80-44-22-20-42-78(80)85)66-47-51-72(52-48-66)92(74-40-24-38-70(58-74)62-27-9-2-10-28-62)76-54-56-82-84(60-76)94-90(68-35-17-6-18-36-68)88(82)64-31-13-4-14-32-64/h1-60H. The first-order valence-electron chi connectivity index (χ1n) is 32.0. The van der Waals surface area contributed by atoms with Gasteiger partial charge in [0.15, 0.2) is 0 Å². The van der Waals surface area contributed by atoms with Crippen LogP contribution >= 0.6 is 22.7 Å². The van der Waals surface area contributed by atoms with Crippen molar-refractivity contribution in [2.45, 2.75) is 0 Å². The van der Waals surface area contributed by atoms with Gasteiger partial charge in [-0.15, -0.1) is 22.7 Å². The van der Waals surface area contributed by atoms with Crippen molar-refractivity contribution in [1.82, 2.24) is 0 Å². The van der Waals surface area contributed by atoms with Gasteiger partial charge in [-0.1, -0.05) is 291 Å². The van der Waals surface area contributed by atoms with Crippen molar-refractivity contribution >= 4 is 98.5 Å². The number of nitrogens with zero attached hydrogens (tertiary/aromatic N) is 2. The molecule has 15 aromatic carbocycles. The van der Waals surface area contributed by atoms with Crippen molar-refractivity contribution in [3.05, 3.63) is 364 Å². The molecule has 0 aliphatic heterocycles. The van der Waals surface area contributed by atoms with Crippen LogP contribution in [-0.2, 0) is 0 Å². The second-order valence-corrected chi connectivity index (χ2v) is 26.0. The van der Waals surface area contributed by atoms with Crippen molar-refractivity contribution in [2.75, 3.05) is 9.80 Å². The number of rotatable bonds is 14. The lowest BCUT2D eigenvalue weighted by Gasteiger charge is -2.27. The van der Waals surface area contributed by atoms with Crippen molar-refractivity contribution in [3.63, 3.8) is 0 Å². The Balaban J connectivity index is 0.774. The summed E-state index contributed by atoms with van der Waals surface area (Å²) in [6, 6.07) is 133. The molecule has 0 saturated carbocycles. The summed E-state index contributed by atoms with van der Waals surface area (Å²) in [6.45, 7) is 0. The molecule has 0 aliphatic carbocycles. The highest BCUT2D eigenvalue weighted by Gasteiger charge is 2.24. The Bertz CT molecular complexity index is 5170. The summed E-state index contributed by atoms with van der Waals surface area (Å²) in [5.74, 6) is 0. The summed E-state index contributed by atoms with van der Waals surface area (Å²) in [5, 5.41) is 7.33. The Morgan fingerprint density at radius 3 is 0.766 bits per heavy atom. The van der Waals surface area contributed by atoms with E-state index >= 15 is 0 Å². The number of thiophene rings is 2. The third-order valence-corrected chi connectivity index (χ3v) is 20.6. The minimum Gasteiger partial charge on any atom is -0.310 e. The minimum absolute atomic E-state index is 1.08. The maximum atomic E-state index is 2.42. The van der Waals surface area contributed by atoms with E-state index in [2.05, 4.69) is 374 Å². The Labute approximate surface area is 556 Å². The van der Waals surface area contributed by atoms with Crippen molar-refractivity contribution in [3.8, 4) is 87.6 Å². The summed E-state index contributed by atoms with van der Waals surface area (Å²) in [7, 11) is 0. The van der Waals surface area contributed by atoms with E-state index in [1.807, 2.05) is 22.7 Å². The number of hydrogen-bond acceptors (Lipinski definition) is 4. The van der Waals surface area contributed by atoms with Crippen LogP contribution in [0.15, 0.2) is 364 Å². The number of benzene rings is 15. The highest BCUT2D eigenvalue weighted by Crippen LogP contribution is 2.51. The highest BCUT2D eigenvalue weighted by molar-refractivity contribution is 7.23. The molecular weight excluding hydrogens is 1170 g/mol. The predicted octanol–water partition coefficient (Wildman–Crippen LogP) is 26.7. The van der Waals surface area contributed by atoms with Crippen LogP contribution in [0.25, 0.3) is 129 Å². The predicted molar refractivity (Wildman–Crippen MR) is 405 cm³/mol. The van der Waals surface area contributed by atoms with Gasteiger partial charge in [-0.25, -0.2) is 0 Å². The van der Waals surface area contributed by atoms with Gasteiger partial charge in [0, 0.05) is 75.2 Å². The van der Waals surface area contributed by atoms with Gasteiger partial charge in [0.2, 0.25) is 0 Å². The van der Waals surface area contributed by atoms with Crippen molar-refractivity contribution < 1.29 is 0 Å². The lowest BCUT2D eigenvalue weighted by atomic mass is 9.86. The summed E-state index contributed by atoms with van der Waals surface area (Å²) in [4.78, 5) is 7.40. The van der Waals surface area contributed by atoms with Crippen LogP contribution in [0.2, 0.25) is 0 Å². The van der Waals surface area contributed by atoms with Crippen LogP contribution in [0.1, 0.15) is 0 Å². The normalized spacial score (nSPS) is 11.4. The molecule has 0 amide bonds. The molecular formula is C90H60N2S2. The van der Waals surface area contributed by atoms with E-state index < -0.39 is 0 Å². The Kier molecular flexibility index (Phi) is 14.7. The molecule has 0 spiro atoms. The quantitative estimate of drug-likeness (QED) is 0.100. The van der Waals surface area contributed by atoms with Gasteiger partial charge in [0.05, 0.1) is 0 Å². The summed E-state index contributed by atoms with van der Waals surface area (Å²) >= 11 is 3.73. The van der Waals surface area contributed by atoms with Gasteiger partial charge < -0.3 is 9.80 Å². The summed E-state index contributed by atoms with van der Waals surface area (Å²) in [6.07, 6.45) is 0. The Morgan fingerprint density at radius 2 is 0.426 bits per heavy atom. The van der Waals surface area contributed by atoms with Gasteiger partial charge in [-0.05, 0) is 161 Å². The molecule has 442 valence electrons. The zero-order valence-corrected chi connectivity index (χ0v) is 53.0. The van der Waals surface area contributed by atoms with E-state index in [9.17, 15) is 0 Å². The number of hydrogen-bond donors (Lipinski definition) is 0. The Hall–Kier alpha value is -11.7. The molecule has 4 heteroatoms. The molecule has 17 rings (SSSR count). The molecule has 0 N–H and O–H groups in total. The van der Waals surface area contributed by atoms with Gasteiger partial charge >= 0.3 is 0 Å². The van der Waals surface area contributed by atoms with Gasteiger partial charge in [-0.3, -0.25) is 0 Å². The van der Waals surface area contributed by atoms with E-state index in [4.69, 9.17) is 0 Å². The molecule has 0 bridgehead atoms. The van der Waals surface area contributed by atoms with Crippen LogP contribution in [0.4, 0.5) is 34.1 Å². The monoisotopic (exact) mass is 1230 g/mol. The first-order chi connectivity index (χ1) is 46.6. The maximum absolute atomic E-state index is 2.42. The fourth-order valence-electron chi connectivity index (χ4n) is 13.9. The first-order valence-corrected chi connectivity index (χ1v) is 33.7. The van der Waals surface area contributed by atoms with Gasteiger partial charge in [-0.2, -0.15) is 0 Å².